The molecule has 1 heterocycles. The van der Waals surface area contributed by atoms with Crippen LogP contribution in [0.2, 0.25) is 5.15 Å². The number of ether oxygens (including phenoxy) is 1. The minimum atomic E-state index is -6.56. The van der Waals surface area contributed by atoms with Crippen LogP contribution in [0.3, 0.4) is 0 Å². The van der Waals surface area contributed by atoms with E-state index in [1.54, 1.807) is 0 Å². The molecule has 1 aliphatic carbocycles. The van der Waals surface area contributed by atoms with Gasteiger partial charge in [0, 0.05) is 18.3 Å². The molecule has 0 spiro atoms. The summed E-state index contributed by atoms with van der Waals surface area (Å²) in [6, 6.07) is 5.84. The average molecular weight is 658 g/mol. The first-order valence-electron chi connectivity index (χ1n) is 12.4. The molecule has 4 rings (SSSR count). The lowest BCUT2D eigenvalue weighted by atomic mass is 9.93. The zero-order valence-electron chi connectivity index (χ0n) is 21.7. The van der Waals surface area contributed by atoms with Crippen molar-refractivity contribution in [2.24, 2.45) is 5.92 Å². The molecule has 0 saturated heterocycles. The summed E-state index contributed by atoms with van der Waals surface area (Å²) in [7, 11) is 0. The second kappa shape index (κ2) is 12.1. The van der Waals surface area contributed by atoms with Crippen LogP contribution in [0, 0.1) is 11.7 Å². The fourth-order valence-electron chi connectivity index (χ4n) is 4.12. The lowest BCUT2D eigenvalue weighted by Gasteiger charge is -2.30. The molecule has 44 heavy (non-hydrogen) atoms. The number of alkyl halides is 9. The van der Waals surface area contributed by atoms with Crippen LogP contribution in [0.5, 0.6) is 5.75 Å². The second-order valence-electron chi connectivity index (χ2n) is 9.56. The monoisotopic (exact) mass is 657 g/mol. The van der Waals surface area contributed by atoms with Crippen LogP contribution in [0.1, 0.15) is 39.1 Å². The topological polar surface area (TPSA) is 71.5 Å². The molecule has 1 N–H and O–H groups in total. The number of hydrogen-bond donors (Lipinski definition) is 1. The quantitative estimate of drug-likeness (QED) is 0.187. The van der Waals surface area contributed by atoms with E-state index in [1.165, 1.54) is 24.3 Å². The molecule has 1 fully saturated rings. The molecule has 0 radical (unpaired) electrons. The van der Waals surface area contributed by atoms with Crippen LogP contribution in [0.15, 0.2) is 54.7 Å². The van der Waals surface area contributed by atoms with E-state index in [0.717, 1.165) is 30.0 Å². The summed E-state index contributed by atoms with van der Waals surface area (Å²) in [5, 5.41) is 1.95. The van der Waals surface area contributed by atoms with E-state index in [4.69, 9.17) is 11.6 Å². The van der Waals surface area contributed by atoms with Gasteiger partial charge in [-0.15, -0.1) is 0 Å². The number of aromatic nitrogens is 1. The molecule has 3 aromatic rings. The first kappa shape index (κ1) is 32.8. The standard InChI is InChI=1S/C27H18ClF10N3O3/c28-20-9-6-14(11-39-20)23(43)41(12-13-4-5-13)18-3-1-2-16(21(18)29)22(42)40-17-8-7-15(10-19(17)44-24(30)31)25(32,26(33,34)35)27(36,37)38/h1-3,6-11,13,24H,4-5,12H2,(H,40,42). The lowest BCUT2D eigenvalue weighted by Crippen LogP contribution is -2.50. The number of rotatable bonds is 9. The molecule has 0 unspecified atom stereocenters. The summed E-state index contributed by atoms with van der Waals surface area (Å²) in [6.07, 6.45) is -10.5. The Bertz CT molecular complexity index is 1530. The summed E-state index contributed by atoms with van der Waals surface area (Å²) in [6.45, 7) is -3.79. The van der Waals surface area contributed by atoms with Gasteiger partial charge in [-0.05, 0) is 55.2 Å². The van der Waals surface area contributed by atoms with Crippen LogP contribution < -0.4 is 15.0 Å². The highest BCUT2D eigenvalue weighted by Crippen LogP contribution is 2.54. The van der Waals surface area contributed by atoms with E-state index >= 15 is 4.39 Å². The lowest BCUT2D eigenvalue weighted by molar-refractivity contribution is -0.348. The molecule has 0 atom stereocenters. The molecule has 2 aromatic carbocycles. The number of carbonyl (C=O) groups is 2. The number of nitrogens with one attached hydrogen (secondary N) is 1. The van der Waals surface area contributed by atoms with Crippen molar-refractivity contribution in [3.8, 4) is 5.75 Å². The van der Waals surface area contributed by atoms with Crippen molar-refractivity contribution >= 4 is 34.8 Å². The molecule has 0 aliphatic heterocycles. The summed E-state index contributed by atoms with van der Waals surface area (Å²) in [4.78, 5) is 31.1. The molecule has 17 heteroatoms. The Kier molecular flexibility index (Phi) is 9.05. The molecular formula is C27H18ClF10N3O3. The van der Waals surface area contributed by atoms with Crippen molar-refractivity contribution in [3.05, 3.63) is 82.4 Å². The zero-order chi connectivity index (χ0) is 32.6. The van der Waals surface area contributed by atoms with Gasteiger partial charge in [0.2, 0.25) is 0 Å². The highest BCUT2D eigenvalue weighted by molar-refractivity contribution is 6.29. The molecular weight excluding hydrogens is 640 g/mol. The van der Waals surface area contributed by atoms with Crippen LogP contribution >= 0.6 is 11.6 Å². The normalized spacial score (nSPS) is 14.0. The Morgan fingerprint density at radius 3 is 2.20 bits per heavy atom. The molecule has 236 valence electrons. The van der Waals surface area contributed by atoms with Gasteiger partial charge in [-0.25, -0.2) is 13.8 Å². The van der Waals surface area contributed by atoms with Crippen molar-refractivity contribution < 1.29 is 58.2 Å². The number of amides is 2. The maximum atomic E-state index is 15.7. The first-order valence-corrected chi connectivity index (χ1v) is 12.8. The maximum absolute atomic E-state index is 15.7. The SMILES string of the molecule is O=C(Nc1ccc(C(F)(C(F)(F)F)C(F)(F)F)cc1OC(F)F)c1cccc(N(CC2CC2)C(=O)c2ccc(Cl)nc2)c1F. The second-order valence-corrected chi connectivity index (χ2v) is 9.95. The van der Waals surface area contributed by atoms with Crippen molar-refractivity contribution in [3.63, 3.8) is 0 Å². The van der Waals surface area contributed by atoms with Gasteiger partial charge >= 0.3 is 24.6 Å². The number of benzene rings is 2. The largest absolute Gasteiger partial charge is 0.435 e. The Balaban J connectivity index is 1.70. The Morgan fingerprint density at radius 1 is 1.00 bits per heavy atom. The van der Waals surface area contributed by atoms with E-state index in [2.05, 4.69) is 9.72 Å². The van der Waals surface area contributed by atoms with E-state index in [0.29, 0.717) is 0 Å². The summed E-state index contributed by atoms with van der Waals surface area (Å²) in [5.41, 5.74) is -10.2. The number of hydrogen-bond acceptors (Lipinski definition) is 4. The molecule has 6 nitrogen and oxygen atoms in total. The Labute approximate surface area is 246 Å². The highest BCUT2D eigenvalue weighted by atomic mass is 35.5. The molecule has 1 aromatic heterocycles. The van der Waals surface area contributed by atoms with Crippen LogP contribution in [0.25, 0.3) is 0 Å². The van der Waals surface area contributed by atoms with Gasteiger partial charge in [0.15, 0.2) is 5.82 Å². The van der Waals surface area contributed by atoms with Crippen LogP contribution in [-0.2, 0) is 5.67 Å². The fourth-order valence-corrected chi connectivity index (χ4v) is 4.23. The fraction of sp³-hybridized carbons (Fsp3) is 0.296. The number of pyridine rings is 1. The smallest absolute Gasteiger partial charge is 0.433 e. The van der Waals surface area contributed by atoms with Gasteiger partial charge in [0.05, 0.1) is 22.5 Å². The first-order chi connectivity index (χ1) is 20.4. The zero-order valence-corrected chi connectivity index (χ0v) is 22.5. The van der Waals surface area contributed by atoms with Crippen molar-refractivity contribution in [1.82, 2.24) is 4.98 Å². The third-order valence-electron chi connectivity index (χ3n) is 6.50. The summed E-state index contributed by atoms with van der Waals surface area (Å²) in [5.74, 6) is -4.85. The Hall–Kier alpha value is -4.08. The number of anilines is 2. The predicted octanol–water partition coefficient (Wildman–Crippen LogP) is 8.07. The van der Waals surface area contributed by atoms with E-state index < -0.39 is 64.8 Å². The van der Waals surface area contributed by atoms with Gasteiger partial charge in [-0.1, -0.05) is 23.7 Å². The molecule has 0 bridgehead atoms. The van der Waals surface area contributed by atoms with Gasteiger partial charge < -0.3 is 15.0 Å². The predicted molar refractivity (Wildman–Crippen MR) is 136 cm³/mol. The number of halogens is 11. The third kappa shape index (κ3) is 6.69. The van der Waals surface area contributed by atoms with Crippen LogP contribution in [0.4, 0.5) is 55.3 Å². The summed E-state index contributed by atoms with van der Waals surface area (Å²) < 4.78 is 139. The van der Waals surface area contributed by atoms with E-state index in [9.17, 15) is 49.1 Å². The van der Waals surface area contributed by atoms with E-state index in [-0.39, 0.29) is 47.1 Å². The van der Waals surface area contributed by atoms with Gasteiger partial charge in [0.25, 0.3) is 11.8 Å². The molecule has 2 amide bonds. The number of nitrogens with zero attached hydrogens (tertiary/aromatic N) is 2. The van der Waals surface area contributed by atoms with E-state index in [1.807, 2.05) is 5.32 Å². The molecule has 1 saturated carbocycles. The van der Waals surface area contributed by atoms with Crippen molar-refractivity contribution in [2.75, 3.05) is 16.8 Å². The van der Waals surface area contributed by atoms with Gasteiger partial charge in [-0.3, -0.25) is 9.59 Å². The summed E-state index contributed by atoms with van der Waals surface area (Å²) >= 11 is 5.75. The van der Waals surface area contributed by atoms with Crippen LogP contribution in [-0.4, -0.2) is 42.3 Å². The Morgan fingerprint density at radius 2 is 1.66 bits per heavy atom. The minimum absolute atomic E-state index is 0.0136. The van der Waals surface area contributed by atoms with Crippen molar-refractivity contribution in [1.29, 1.82) is 0 Å². The van der Waals surface area contributed by atoms with Crippen molar-refractivity contribution in [2.45, 2.75) is 37.5 Å². The average Bonchev–Trinajstić information content (AvgIpc) is 3.75. The van der Waals surface area contributed by atoms with Gasteiger partial charge in [-0.2, -0.15) is 35.1 Å². The minimum Gasteiger partial charge on any atom is -0.433 e. The third-order valence-corrected chi connectivity index (χ3v) is 6.72. The highest BCUT2D eigenvalue weighted by Gasteiger charge is 2.73. The molecule has 1 aliphatic rings. The maximum Gasteiger partial charge on any atom is 0.435 e. The van der Waals surface area contributed by atoms with Gasteiger partial charge in [0.1, 0.15) is 10.9 Å². The number of carbonyl (C=O) groups excluding carboxylic acids is 2.